The largest absolute Gasteiger partial charge is 0.497 e. The zero-order chi connectivity index (χ0) is 24.3. The molecule has 1 atom stereocenters. The molecule has 0 aliphatic carbocycles. The number of ether oxygens (including phenoxy) is 2. The maximum Gasteiger partial charge on any atom is 0.418 e. The maximum atomic E-state index is 13.5. The van der Waals surface area contributed by atoms with Crippen molar-refractivity contribution in [2.45, 2.75) is 19.5 Å². The number of amides is 3. The molecule has 8 nitrogen and oxygen atoms in total. The van der Waals surface area contributed by atoms with E-state index in [-0.39, 0.29) is 24.6 Å². The standard InChI is InChI=1S/C22H22F3N3O5/c1-12(29)26-14-4-6-17(16(9-14)22(23,24)25)27-21(31)13-8-20(30)28(11-13)18-10-15(32-2)5-7-19(18)33-3/h4-7,9-10,13H,8,11H2,1-3H3,(H,26,29)(H,27,31). The molecule has 2 aromatic carbocycles. The second-order valence-corrected chi connectivity index (χ2v) is 7.37. The number of halogens is 3. The van der Waals surface area contributed by atoms with Crippen LogP contribution in [0.15, 0.2) is 36.4 Å². The summed E-state index contributed by atoms with van der Waals surface area (Å²) in [4.78, 5) is 37.9. The van der Waals surface area contributed by atoms with Crippen molar-refractivity contribution >= 4 is 34.8 Å². The van der Waals surface area contributed by atoms with Crippen molar-refractivity contribution in [1.29, 1.82) is 0 Å². The van der Waals surface area contributed by atoms with Crippen molar-refractivity contribution in [2.24, 2.45) is 5.92 Å². The zero-order valence-corrected chi connectivity index (χ0v) is 18.1. The lowest BCUT2D eigenvalue weighted by molar-refractivity contribution is -0.137. The van der Waals surface area contributed by atoms with Crippen molar-refractivity contribution in [2.75, 3.05) is 36.3 Å². The number of hydrogen-bond donors (Lipinski definition) is 2. The van der Waals surface area contributed by atoms with Crippen molar-refractivity contribution < 1.29 is 37.0 Å². The summed E-state index contributed by atoms with van der Waals surface area (Å²) < 4.78 is 51.1. The lowest BCUT2D eigenvalue weighted by Gasteiger charge is -2.20. The van der Waals surface area contributed by atoms with Crippen LogP contribution in [0.5, 0.6) is 11.5 Å². The average Bonchev–Trinajstić information content (AvgIpc) is 3.14. The van der Waals surface area contributed by atoms with E-state index in [0.717, 1.165) is 12.1 Å². The molecule has 11 heteroatoms. The van der Waals surface area contributed by atoms with Crippen LogP contribution in [0.3, 0.4) is 0 Å². The first kappa shape index (κ1) is 23.9. The van der Waals surface area contributed by atoms with Crippen LogP contribution >= 0.6 is 0 Å². The Hall–Kier alpha value is -3.76. The second-order valence-electron chi connectivity index (χ2n) is 7.37. The molecule has 0 bridgehead atoms. The number of carbonyl (C=O) groups excluding carboxylic acids is 3. The fourth-order valence-corrected chi connectivity index (χ4v) is 3.53. The van der Waals surface area contributed by atoms with Gasteiger partial charge in [-0.2, -0.15) is 13.2 Å². The minimum atomic E-state index is -4.78. The number of carbonyl (C=O) groups is 3. The Morgan fingerprint density at radius 1 is 1.06 bits per heavy atom. The molecule has 176 valence electrons. The Morgan fingerprint density at radius 2 is 1.79 bits per heavy atom. The first-order valence-electron chi connectivity index (χ1n) is 9.85. The highest BCUT2D eigenvalue weighted by atomic mass is 19.4. The highest BCUT2D eigenvalue weighted by molar-refractivity contribution is 6.04. The number of alkyl halides is 3. The quantitative estimate of drug-likeness (QED) is 0.679. The van der Waals surface area contributed by atoms with Gasteiger partial charge in [-0.05, 0) is 30.3 Å². The predicted octanol–water partition coefficient (Wildman–Crippen LogP) is 3.67. The monoisotopic (exact) mass is 465 g/mol. The van der Waals surface area contributed by atoms with Crippen molar-refractivity contribution in [3.8, 4) is 11.5 Å². The third kappa shape index (κ3) is 5.36. The number of anilines is 3. The Morgan fingerprint density at radius 3 is 2.39 bits per heavy atom. The Labute approximate surface area is 187 Å². The molecule has 0 spiro atoms. The van der Waals surface area contributed by atoms with Gasteiger partial charge in [-0.15, -0.1) is 0 Å². The lowest BCUT2D eigenvalue weighted by atomic mass is 10.1. The van der Waals surface area contributed by atoms with Gasteiger partial charge >= 0.3 is 6.18 Å². The van der Waals surface area contributed by atoms with Gasteiger partial charge in [-0.25, -0.2) is 0 Å². The summed E-state index contributed by atoms with van der Waals surface area (Å²) in [6.07, 6.45) is -4.96. The molecule has 2 N–H and O–H groups in total. The van der Waals surface area contributed by atoms with E-state index in [1.54, 1.807) is 18.2 Å². The molecule has 3 rings (SSSR count). The summed E-state index contributed by atoms with van der Waals surface area (Å²) in [6, 6.07) is 7.90. The van der Waals surface area contributed by atoms with Crippen LogP contribution in [0, 0.1) is 5.92 Å². The van der Waals surface area contributed by atoms with Gasteiger partial charge < -0.3 is 25.0 Å². The molecule has 1 aliphatic heterocycles. The molecule has 1 aliphatic rings. The Balaban J connectivity index is 1.82. The SMILES string of the molecule is COc1ccc(OC)c(N2CC(C(=O)Nc3ccc(NC(C)=O)cc3C(F)(F)F)CC2=O)c1. The van der Waals surface area contributed by atoms with Gasteiger partial charge in [0.25, 0.3) is 0 Å². The van der Waals surface area contributed by atoms with E-state index >= 15 is 0 Å². The van der Waals surface area contributed by atoms with E-state index in [1.807, 2.05) is 0 Å². The highest BCUT2D eigenvalue weighted by Gasteiger charge is 2.38. The molecule has 0 aromatic heterocycles. The summed E-state index contributed by atoms with van der Waals surface area (Å²) in [5.41, 5.74) is -1.24. The fourth-order valence-electron chi connectivity index (χ4n) is 3.53. The molecular formula is C22H22F3N3O5. The van der Waals surface area contributed by atoms with Crippen molar-refractivity contribution in [1.82, 2.24) is 0 Å². The van der Waals surface area contributed by atoms with Crippen molar-refractivity contribution in [3.05, 3.63) is 42.0 Å². The average molecular weight is 465 g/mol. The highest BCUT2D eigenvalue weighted by Crippen LogP contribution is 2.38. The normalized spacial score (nSPS) is 15.9. The minimum absolute atomic E-state index is 0.0421. The van der Waals surface area contributed by atoms with Gasteiger partial charge in [-0.3, -0.25) is 14.4 Å². The van der Waals surface area contributed by atoms with Crippen LogP contribution in [0.4, 0.5) is 30.2 Å². The molecule has 33 heavy (non-hydrogen) atoms. The maximum absolute atomic E-state index is 13.5. The van der Waals surface area contributed by atoms with Crippen LogP contribution < -0.4 is 25.0 Å². The number of rotatable bonds is 6. The first-order chi connectivity index (χ1) is 15.5. The van der Waals surface area contributed by atoms with Gasteiger partial charge in [0.1, 0.15) is 11.5 Å². The van der Waals surface area contributed by atoms with E-state index in [0.29, 0.717) is 17.2 Å². The number of nitrogens with one attached hydrogen (secondary N) is 2. The molecule has 1 unspecified atom stereocenters. The smallest absolute Gasteiger partial charge is 0.418 e. The van der Waals surface area contributed by atoms with E-state index in [1.165, 1.54) is 32.1 Å². The number of benzene rings is 2. The number of methoxy groups -OCH3 is 2. The van der Waals surface area contributed by atoms with E-state index < -0.39 is 35.2 Å². The van der Waals surface area contributed by atoms with Crippen molar-refractivity contribution in [3.63, 3.8) is 0 Å². The second kappa shape index (κ2) is 9.39. The summed E-state index contributed by atoms with van der Waals surface area (Å²) in [7, 11) is 2.89. The first-order valence-corrected chi connectivity index (χ1v) is 9.85. The van der Waals surface area contributed by atoms with E-state index in [2.05, 4.69) is 10.6 Å². The fraction of sp³-hybridized carbons (Fsp3) is 0.318. The van der Waals surface area contributed by atoms with E-state index in [4.69, 9.17) is 9.47 Å². The van der Waals surface area contributed by atoms with Gasteiger partial charge in [0.05, 0.1) is 37.1 Å². The van der Waals surface area contributed by atoms with Crippen LogP contribution in [-0.2, 0) is 20.6 Å². The van der Waals surface area contributed by atoms with Crippen LogP contribution in [-0.4, -0.2) is 38.5 Å². The summed E-state index contributed by atoms with van der Waals surface area (Å²) in [5, 5.41) is 4.55. The third-order valence-corrected chi connectivity index (χ3v) is 5.08. The zero-order valence-electron chi connectivity index (χ0n) is 18.1. The third-order valence-electron chi connectivity index (χ3n) is 5.08. The molecule has 0 saturated carbocycles. The number of hydrogen-bond acceptors (Lipinski definition) is 5. The van der Waals surface area contributed by atoms with Gasteiger partial charge in [0.15, 0.2) is 0 Å². The van der Waals surface area contributed by atoms with Crippen LogP contribution in [0.2, 0.25) is 0 Å². The Bertz CT molecular complexity index is 1090. The lowest BCUT2D eigenvalue weighted by Crippen LogP contribution is -2.29. The predicted molar refractivity (Wildman–Crippen MR) is 114 cm³/mol. The summed E-state index contributed by atoms with van der Waals surface area (Å²) in [5.74, 6) is -1.66. The Kier molecular flexibility index (Phi) is 6.80. The molecular weight excluding hydrogens is 443 g/mol. The minimum Gasteiger partial charge on any atom is -0.497 e. The van der Waals surface area contributed by atoms with E-state index in [9.17, 15) is 27.6 Å². The summed E-state index contributed by atoms with van der Waals surface area (Å²) >= 11 is 0. The topological polar surface area (TPSA) is 97.0 Å². The van der Waals surface area contributed by atoms with Crippen LogP contribution in [0.1, 0.15) is 18.9 Å². The van der Waals surface area contributed by atoms with Gasteiger partial charge in [-0.1, -0.05) is 0 Å². The molecule has 1 fully saturated rings. The molecule has 2 aromatic rings. The number of nitrogens with zero attached hydrogens (tertiary/aromatic N) is 1. The van der Waals surface area contributed by atoms with Gasteiger partial charge in [0, 0.05) is 31.6 Å². The molecule has 3 amide bonds. The molecule has 0 radical (unpaired) electrons. The van der Waals surface area contributed by atoms with Crippen LogP contribution in [0.25, 0.3) is 0 Å². The molecule has 1 saturated heterocycles. The molecule has 1 heterocycles. The summed E-state index contributed by atoms with van der Waals surface area (Å²) in [6.45, 7) is 1.13. The van der Waals surface area contributed by atoms with Gasteiger partial charge in [0.2, 0.25) is 17.7 Å².